The van der Waals surface area contributed by atoms with Crippen molar-refractivity contribution in [3.05, 3.63) is 0 Å². The predicted octanol–water partition coefficient (Wildman–Crippen LogP) is 2.46. The van der Waals surface area contributed by atoms with E-state index >= 15 is 0 Å². The van der Waals surface area contributed by atoms with Gasteiger partial charge < -0.3 is 10.5 Å². The molecule has 0 aromatic heterocycles. The maximum absolute atomic E-state index is 5.94. The van der Waals surface area contributed by atoms with Crippen LogP contribution in [0.5, 0.6) is 0 Å². The van der Waals surface area contributed by atoms with Gasteiger partial charge in [0.05, 0.1) is 12.2 Å². The first kappa shape index (κ1) is 11.0. The third-order valence-corrected chi connectivity index (χ3v) is 2.84. The molecule has 1 fully saturated rings. The van der Waals surface area contributed by atoms with Gasteiger partial charge in [0.15, 0.2) is 0 Å². The van der Waals surface area contributed by atoms with Gasteiger partial charge in [-0.1, -0.05) is 13.3 Å². The molecule has 3 unspecified atom stereocenters. The summed E-state index contributed by atoms with van der Waals surface area (Å²) in [6.07, 6.45) is 8.08. The van der Waals surface area contributed by atoms with E-state index in [9.17, 15) is 0 Å². The van der Waals surface area contributed by atoms with Gasteiger partial charge in [-0.15, -0.1) is 0 Å². The van der Waals surface area contributed by atoms with E-state index in [0.29, 0.717) is 18.2 Å². The van der Waals surface area contributed by atoms with Crippen molar-refractivity contribution in [1.82, 2.24) is 0 Å². The lowest BCUT2D eigenvalue weighted by molar-refractivity contribution is 0.0486. The first-order valence-corrected chi connectivity index (χ1v) is 5.63. The molecule has 3 atom stereocenters. The normalized spacial score (nSPS) is 30.7. The van der Waals surface area contributed by atoms with Gasteiger partial charge in [-0.05, 0) is 39.0 Å². The lowest BCUT2D eigenvalue weighted by Gasteiger charge is -2.14. The third kappa shape index (κ3) is 4.10. The summed E-state index contributed by atoms with van der Waals surface area (Å²) in [5, 5.41) is 0. The summed E-state index contributed by atoms with van der Waals surface area (Å²) in [5.74, 6) is 0. The Hall–Kier alpha value is -0.0800. The van der Waals surface area contributed by atoms with Crippen molar-refractivity contribution in [3.63, 3.8) is 0 Å². The molecule has 2 nitrogen and oxygen atoms in total. The smallest absolute Gasteiger partial charge is 0.0580 e. The van der Waals surface area contributed by atoms with Crippen LogP contribution in [0.25, 0.3) is 0 Å². The van der Waals surface area contributed by atoms with Crippen LogP contribution in [0, 0.1) is 0 Å². The molecule has 0 aromatic rings. The number of hydrogen-bond acceptors (Lipinski definition) is 2. The molecule has 1 aliphatic heterocycles. The molecular formula is C11H23NO. The van der Waals surface area contributed by atoms with Gasteiger partial charge in [-0.2, -0.15) is 0 Å². The Bertz CT molecular complexity index is 138. The Morgan fingerprint density at radius 3 is 2.69 bits per heavy atom. The van der Waals surface area contributed by atoms with E-state index in [1.807, 2.05) is 0 Å². The lowest BCUT2D eigenvalue weighted by atomic mass is 10.0. The van der Waals surface area contributed by atoms with Crippen molar-refractivity contribution < 1.29 is 4.74 Å². The van der Waals surface area contributed by atoms with Crippen LogP contribution in [-0.2, 0) is 4.74 Å². The first-order valence-electron chi connectivity index (χ1n) is 5.63. The highest BCUT2D eigenvalue weighted by atomic mass is 16.5. The lowest BCUT2D eigenvalue weighted by Crippen LogP contribution is -2.21. The van der Waals surface area contributed by atoms with Crippen molar-refractivity contribution >= 4 is 0 Å². The van der Waals surface area contributed by atoms with Gasteiger partial charge in [0.1, 0.15) is 0 Å². The molecule has 1 rings (SSSR count). The van der Waals surface area contributed by atoms with Crippen molar-refractivity contribution in [2.45, 2.75) is 70.6 Å². The largest absolute Gasteiger partial charge is 0.375 e. The second kappa shape index (κ2) is 5.61. The Labute approximate surface area is 81.8 Å². The molecule has 2 N–H and O–H groups in total. The molecule has 78 valence electrons. The molecule has 0 radical (unpaired) electrons. The molecule has 1 aliphatic rings. The number of ether oxygens (including phenoxy) is 1. The molecule has 0 aliphatic carbocycles. The fourth-order valence-electron chi connectivity index (χ4n) is 2.01. The van der Waals surface area contributed by atoms with Gasteiger partial charge in [0.25, 0.3) is 0 Å². The van der Waals surface area contributed by atoms with Gasteiger partial charge in [-0.3, -0.25) is 0 Å². The summed E-state index contributed by atoms with van der Waals surface area (Å²) in [4.78, 5) is 0. The van der Waals surface area contributed by atoms with Crippen LogP contribution in [0.3, 0.4) is 0 Å². The van der Waals surface area contributed by atoms with Crippen LogP contribution in [0.1, 0.15) is 52.4 Å². The second-order valence-electron chi connectivity index (χ2n) is 4.27. The fraction of sp³-hybridized carbons (Fsp3) is 1.00. The van der Waals surface area contributed by atoms with E-state index in [1.165, 1.54) is 19.3 Å². The number of hydrogen-bond donors (Lipinski definition) is 1. The maximum Gasteiger partial charge on any atom is 0.0580 e. The zero-order valence-electron chi connectivity index (χ0n) is 8.96. The fourth-order valence-corrected chi connectivity index (χ4v) is 2.01. The van der Waals surface area contributed by atoms with Gasteiger partial charge in [0, 0.05) is 6.04 Å². The van der Waals surface area contributed by atoms with Gasteiger partial charge in [-0.25, -0.2) is 0 Å². The van der Waals surface area contributed by atoms with E-state index < -0.39 is 0 Å². The van der Waals surface area contributed by atoms with Crippen molar-refractivity contribution in [2.24, 2.45) is 5.73 Å². The highest BCUT2D eigenvalue weighted by molar-refractivity contribution is 4.72. The summed E-state index contributed by atoms with van der Waals surface area (Å²) in [6, 6.07) is 0.393. The highest BCUT2D eigenvalue weighted by Crippen LogP contribution is 2.23. The zero-order chi connectivity index (χ0) is 9.68. The minimum Gasteiger partial charge on any atom is -0.375 e. The monoisotopic (exact) mass is 185 g/mol. The summed E-state index contributed by atoms with van der Waals surface area (Å²) in [5.41, 5.74) is 5.94. The Morgan fingerprint density at radius 1 is 1.38 bits per heavy atom. The molecule has 0 spiro atoms. The number of rotatable bonds is 5. The van der Waals surface area contributed by atoms with E-state index in [2.05, 4.69) is 13.8 Å². The van der Waals surface area contributed by atoms with E-state index in [1.54, 1.807) is 0 Å². The second-order valence-corrected chi connectivity index (χ2v) is 4.27. The molecule has 2 heteroatoms. The first-order chi connectivity index (χ1) is 6.22. The summed E-state index contributed by atoms with van der Waals surface area (Å²) < 4.78 is 5.73. The van der Waals surface area contributed by atoms with Crippen LogP contribution in [0.15, 0.2) is 0 Å². The average Bonchev–Trinajstić information content (AvgIpc) is 2.49. The van der Waals surface area contributed by atoms with E-state index in [4.69, 9.17) is 10.5 Å². The minimum absolute atomic E-state index is 0.393. The van der Waals surface area contributed by atoms with Crippen LogP contribution >= 0.6 is 0 Å². The molecule has 0 amide bonds. The summed E-state index contributed by atoms with van der Waals surface area (Å²) in [6.45, 7) is 4.35. The predicted molar refractivity (Wildman–Crippen MR) is 55.7 cm³/mol. The quantitative estimate of drug-likeness (QED) is 0.714. The molecule has 1 heterocycles. The third-order valence-electron chi connectivity index (χ3n) is 2.84. The zero-order valence-corrected chi connectivity index (χ0v) is 8.96. The topological polar surface area (TPSA) is 35.2 Å². The molecule has 0 aromatic carbocycles. The SMILES string of the molecule is CCCC(N)CCC1CCC(C)O1. The minimum atomic E-state index is 0.393. The molecule has 13 heavy (non-hydrogen) atoms. The van der Waals surface area contributed by atoms with Gasteiger partial charge in [0.2, 0.25) is 0 Å². The highest BCUT2D eigenvalue weighted by Gasteiger charge is 2.21. The Kier molecular flexibility index (Phi) is 4.74. The van der Waals surface area contributed by atoms with Crippen LogP contribution in [-0.4, -0.2) is 18.2 Å². The van der Waals surface area contributed by atoms with E-state index in [-0.39, 0.29) is 0 Å². The number of nitrogens with two attached hydrogens (primary N) is 1. The van der Waals surface area contributed by atoms with Gasteiger partial charge >= 0.3 is 0 Å². The summed E-state index contributed by atoms with van der Waals surface area (Å²) >= 11 is 0. The van der Waals surface area contributed by atoms with Crippen molar-refractivity contribution in [3.8, 4) is 0 Å². The average molecular weight is 185 g/mol. The molecule has 0 saturated carbocycles. The van der Waals surface area contributed by atoms with Crippen molar-refractivity contribution in [1.29, 1.82) is 0 Å². The van der Waals surface area contributed by atoms with Crippen LogP contribution in [0.4, 0.5) is 0 Å². The molecule has 1 saturated heterocycles. The Morgan fingerprint density at radius 2 is 2.15 bits per heavy atom. The standard InChI is InChI=1S/C11H23NO/c1-3-4-10(12)6-8-11-7-5-9(2)13-11/h9-11H,3-8,12H2,1-2H3. The van der Waals surface area contributed by atoms with Crippen molar-refractivity contribution in [2.75, 3.05) is 0 Å². The summed E-state index contributed by atoms with van der Waals surface area (Å²) in [7, 11) is 0. The maximum atomic E-state index is 5.94. The van der Waals surface area contributed by atoms with E-state index in [0.717, 1.165) is 19.3 Å². The Balaban J connectivity index is 2.05. The van der Waals surface area contributed by atoms with Crippen LogP contribution < -0.4 is 5.73 Å². The van der Waals surface area contributed by atoms with Crippen LogP contribution in [0.2, 0.25) is 0 Å². The molecular weight excluding hydrogens is 162 g/mol. The molecule has 0 bridgehead atoms.